The maximum atomic E-state index is 12.1. The van der Waals surface area contributed by atoms with Crippen LogP contribution in [0.5, 0.6) is 0 Å². The molecule has 0 bridgehead atoms. The molecule has 0 saturated carbocycles. The van der Waals surface area contributed by atoms with E-state index in [4.69, 9.17) is 9.47 Å². The van der Waals surface area contributed by atoms with Crippen molar-refractivity contribution in [3.63, 3.8) is 0 Å². The molecule has 0 aliphatic carbocycles. The lowest BCUT2D eigenvalue weighted by atomic mass is 10.2. The summed E-state index contributed by atoms with van der Waals surface area (Å²) in [6.07, 6.45) is -0.530. The number of halogens is 1. The molecule has 1 amide bonds. The van der Waals surface area contributed by atoms with Crippen LogP contribution in [-0.2, 0) is 9.47 Å². The lowest BCUT2D eigenvalue weighted by Gasteiger charge is -2.33. The first-order chi connectivity index (χ1) is 10.3. The molecule has 2 heterocycles. The van der Waals surface area contributed by atoms with Crippen molar-refractivity contribution in [2.75, 3.05) is 25.0 Å². The normalized spacial score (nSPS) is 19.1. The van der Waals surface area contributed by atoms with E-state index < -0.39 is 5.60 Å². The van der Waals surface area contributed by atoms with Gasteiger partial charge in [0.25, 0.3) is 0 Å². The SMILES string of the molecule is CC(C)(C)OC(=O)N1CCOC(c2ccc(C(=O)CBr)s2)C1. The van der Waals surface area contributed by atoms with Crippen molar-refractivity contribution in [1.82, 2.24) is 4.90 Å². The third-order valence-corrected chi connectivity index (χ3v) is 4.79. The minimum absolute atomic E-state index is 0.0519. The van der Waals surface area contributed by atoms with Gasteiger partial charge in [-0.2, -0.15) is 0 Å². The first-order valence-electron chi connectivity index (χ1n) is 7.08. The Labute approximate surface area is 142 Å². The van der Waals surface area contributed by atoms with Gasteiger partial charge in [0.15, 0.2) is 5.78 Å². The van der Waals surface area contributed by atoms with Crippen molar-refractivity contribution in [3.05, 3.63) is 21.9 Å². The Hall–Kier alpha value is -0.920. The van der Waals surface area contributed by atoms with Crippen LogP contribution in [0.25, 0.3) is 0 Å². The number of hydrogen-bond donors (Lipinski definition) is 0. The summed E-state index contributed by atoms with van der Waals surface area (Å²) in [5, 5.41) is 0.308. The van der Waals surface area contributed by atoms with Crippen LogP contribution in [-0.4, -0.2) is 47.4 Å². The van der Waals surface area contributed by atoms with Gasteiger partial charge in [0.05, 0.1) is 23.4 Å². The zero-order chi connectivity index (χ0) is 16.3. The fourth-order valence-electron chi connectivity index (χ4n) is 2.06. The van der Waals surface area contributed by atoms with E-state index in [1.807, 2.05) is 26.8 Å². The molecular formula is C15H20BrNO4S. The molecular weight excluding hydrogens is 370 g/mol. The van der Waals surface area contributed by atoms with Gasteiger partial charge in [0.2, 0.25) is 0 Å². The van der Waals surface area contributed by atoms with Crippen LogP contribution in [0.2, 0.25) is 0 Å². The molecule has 1 aromatic rings. The average molecular weight is 390 g/mol. The topological polar surface area (TPSA) is 55.8 Å². The second-order valence-electron chi connectivity index (χ2n) is 6.04. The van der Waals surface area contributed by atoms with Gasteiger partial charge in [-0.05, 0) is 32.9 Å². The number of carbonyl (C=O) groups is 2. The quantitative estimate of drug-likeness (QED) is 0.584. The molecule has 1 atom stereocenters. The Bertz CT molecular complexity index is 552. The summed E-state index contributed by atoms with van der Waals surface area (Å²) in [5.41, 5.74) is -0.511. The lowest BCUT2D eigenvalue weighted by molar-refractivity contribution is -0.0420. The molecule has 0 aromatic carbocycles. The summed E-state index contributed by atoms with van der Waals surface area (Å²) < 4.78 is 11.1. The molecule has 1 saturated heterocycles. The number of rotatable bonds is 3. The summed E-state index contributed by atoms with van der Waals surface area (Å²) in [5.74, 6) is 0.0519. The molecule has 1 aliphatic heterocycles. The predicted molar refractivity (Wildman–Crippen MR) is 88.9 cm³/mol. The van der Waals surface area contributed by atoms with Gasteiger partial charge < -0.3 is 14.4 Å². The van der Waals surface area contributed by atoms with Gasteiger partial charge in [-0.15, -0.1) is 11.3 Å². The number of alkyl halides is 1. The van der Waals surface area contributed by atoms with Crippen molar-refractivity contribution in [3.8, 4) is 0 Å². The molecule has 1 aliphatic rings. The van der Waals surface area contributed by atoms with E-state index >= 15 is 0 Å². The van der Waals surface area contributed by atoms with Crippen LogP contribution < -0.4 is 0 Å². The molecule has 7 heteroatoms. The molecule has 5 nitrogen and oxygen atoms in total. The maximum Gasteiger partial charge on any atom is 0.410 e. The zero-order valence-corrected chi connectivity index (χ0v) is 15.3. The Morgan fingerprint density at radius 3 is 2.82 bits per heavy atom. The third kappa shape index (κ3) is 4.54. The number of thiophene rings is 1. The van der Waals surface area contributed by atoms with Crippen LogP contribution in [0.1, 0.15) is 41.4 Å². The first kappa shape index (κ1) is 17.4. The molecule has 0 spiro atoms. The first-order valence-corrected chi connectivity index (χ1v) is 9.02. The number of ketones is 1. The number of morpholine rings is 1. The minimum Gasteiger partial charge on any atom is -0.444 e. The van der Waals surface area contributed by atoms with E-state index in [1.165, 1.54) is 11.3 Å². The van der Waals surface area contributed by atoms with E-state index in [0.717, 1.165) is 4.88 Å². The van der Waals surface area contributed by atoms with Crippen LogP contribution in [0.15, 0.2) is 12.1 Å². The summed E-state index contributed by atoms with van der Waals surface area (Å²) in [6, 6.07) is 3.70. The smallest absolute Gasteiger partial charge is 0.410 e. The van der Waals surface area contributed by atoms with E-state index in [-0.39, 0.29) is 18.0 Å². The average Bonchev–Trinajstić information content (AvgIpc) is 2.94. The third-order valence-electron chi connectivity index (χ3n) is 3.06. The van der Waals surface area contributed by atoms with Gasteiger partial charge in [0.1, 0.15) is 11.7 Å². The molecule has 22 heavy (non-hydrogen) atoms. The number of Topliss-reactive ketones (excluding diaryl/α,β-unsaturated/α-hetero) is 1. The van der Waals surface area contributed by atoms with Crippen molar-refractivity contribution in [1.29, 1.82) is 0 Å². The summed E-state index contributed by atoms with van der Waals surface area (Å²) >= 11 is 4.59. The van der Waals surface area contributed by atoms with E-state index in [9.17, 15) is 9.59 Å². The van der Waals surface area contributed by atoms with Gasteiger partial charge in [-0.25, -0.2) is 4.79 Å². The number of hydrogen-bond acceptors (Lipinski definition) is 5. The lowest BCUT2D eigenvalue weighted by Crippen LogP contribution is -2.44. The molecule has 1 aromatic heterocycles. The van der Waals surface area contributed by atoms with Gasteiger partial charge in [-0.3, -0.25) is 4.79 Å². The highest BCUT2D eigenvalue weighted by atomic mass is 79.9. The van der Waals surface area contributed by atoms with Gasteiger partial charge >= 0.3 is 6.09 Å². The minimum atomic E-state index is -0.511. The molecule has 0 N–H and O–H groups in total. The highest BCUT2D eigenvalue weighted by Crippen LogP contribution is 2.29. The zero-order valence-electron chi connectivity index (χ0n) is 12.9. The van der Waals surface area contributed by atoms with E-state index in [1.54, 1.807) is 11.0 Å². The number of carbonyl (C=O) groups excluding carboxylic acids is 2. The number of amides is 1. The Balaban J connectivity index is 2.03. The second kappa shape index (κ2) is 7.10. The Morgan fingerprint density at radius 1 is 1.45 bits per heavy atom. The summed E-state index contributed by atoms with van der Waals surface area (Å²) in [7, 11) is 0. The van der Waals surface area contributed by atoms with Crippen LogP contribution in [0.3, 0.4) is 0 Å². The Morgan fingerprint density at radius 2 is 2.18 bits per heavy atom. The molecule has 122 valence electrons. The van der Waals surface area contributed by atoms with Crippen LogP contribution >= 0.6 is 27.3 Å². The van der Waals surface area contributed by atoms with Crippen molar-refractivity contribution < 1.29 is 19.1 Å². The largest absolute Gasteiger partial charge is 0.444 e. The van der Waals surface area contributed by atoms with Gasteiger partial charge in [-0.1, -0.05) is 15.9 Å². The molecule has 1 unspecified atom stereocenters. The summed E-state index contributed by atoms with van der Waals surface area (Å²) in [4.78, 5) is 27.1. The maximum absolute atomic E-state index is 12.1. The highest BCUT2D eigenvalue weighted by molar-refractivity contribution is 9.09. The fraction of sp³-hybridized carbons (Fsp3) is 0.600. The van der Waals surface area contributed by atoms with Gasteiger partial charge in [0, 0.05) is 11.4 Å². The summed E-state index contributed by atoms with van der Waals surface area (Å²) in [6.45, 7) is 6.96. The number of nitrogens with zero attached hydrogens (tertiary/aromatic N) is 1. The standard InChI is InChI=1S/C15H20BrNO4S/c1-15(2,3)21-14(19)17-6-7-20-11(9-17)13-5-4-12(22-13)10(18)8-16/h4-5,11H,6-9H2,1-3H3. The van der Waals surface area contributed by atoms with Crippen LogP contribution in [0, 0.1) is 0 Å². The van der Waals surface area contributed by atoms with Crippen molar-refractivity contribution in [2.24, 2.45) is 0 Å². The Kier molecular flexibility index (Phi) is 5.63. The monoisotopic (exact) mass is 389 g/mol. The van der Waals surface area contributed by atoms with Crippen LogP contribution in [0.4, 0.5) is 4.79 Å². The second-order valence-corrected chi connectivity index (χ2v) is 7.72. The highest BCUT2D eigenvalue weighted by Gasteiger charge is 2.29. The number of ether oxygens (including phenoxy) is 2. The molecule has 0 radical (unpaired) electrons. The fourth-order valence-corrected chi connectivity index (χ4v) is 3.53. The molecule has 1 fully saturated rings. The van der Waals surface area contributed by atoms with E-state index in [2.05, 4.69) is 15.9 Å². The van der Waals surface area contributed by atoms with Crippen molar-refractivity contribution in [2.45, 2.75) is 32.5 Å². The predicted octanol–water partition coefficient (Wildman–Crippen LogP) is 3.63. The van der Waals surface area contributed by atoms with E-state index in [0.29, 0.717) is 29.9 Å². The van der Waals surface area contributed by atoms with Crippen molar-refractivity contribution >= 4 is 39.1 Å². The molecule has 2 rings (SSSR count).